The van der Waals surface area contributed by atoms with Gasteiger partial charge >= 0.3 is 5.97 Å². The van der Waals surface area contributed by atoms with Crippen LogP contribution in [0.15, 0.2) is 24.3 Å². The number of carboxylic acids is 1. The molecule has 0 aliphatic carbocycles. The highest BCUT2D eigenvalue weighted by molar-refractivity contribution is 5.77. The lowest BCUT2D eigenvalue weighted by Crippen LogP contribution is -2.29. The first-order chi connectivity index (χ1) is 10.1. The molecule has 1 N–H and O–H groups in total. The highest BCUT2D eigenvalue weighted by Gasteiger charge is 2.27. The largest absolute Gasteiger partial charge is 0.481 e. The standard InChI is InChI=1S/C17H23NO3/c1-2-13-3-5-14(6-4-13)7-8-16(19)18-10-9-15(12-18)11-17(20)21/h3-6,15H,2,7-12H2,1H3,(H,20,21). The summed E-state index contributed by atoms with van der Waals surface area (Å²) in [5, 5.41) is 8.79. The number of carbonyl (C=O) groups is 2. The van der Waals surface area contributed by atoms with Gasteiger partial charge < -0.3 is 10.0 Å². The van der Waals surface area contributed by atoms with Crippen LogP contribution >= 0.6 is 0 Å². The molecule has 0 spiro atoms. The van der Waals surface area contributed by atoms with E-state index in [0.29, 0.717) is 19.5 Å². The van der Waals surface area contributed by atoms with Crippen molar-refractivity contribution in [1.82, 2.24) is 4.90 Å². The number of hydrogen-bond acceptors (Lipinski definition) is 2. The fraction of sp³-hybridized carbons (Fsp3) is 0.529. The molecule has 114 valence electrons. The lowest BCUT2D eigenvalue weighted by molar-refractivity contribution is -0.138. The summed E-state index contributed by atoms with van der Waals surface area (Å²) in [6.45, 7) is 3.42. The fourth-order valence-electron chi connectivity index (χ4n) is 2.82. The van der Waals surface area contributed by atoms with Gasteiger partial charge in [0, 0.05) is 25.9 Å². The minimum absolute atomic E-state index is 0.121. The second-order valence-electron chi connectivity index (χ2n) is 5.76. The zero-order chi connectivity index (χ0) is 15.2. The van der Waals surface area contributed by atoms with Crippen LogP contribution < -0.4 is 0 Å². The number of nitrogens with zero attached hydrogens (tertiary/aromatic N) is 1. The van der Waals surface area contributed by atoms with E-state index in [0.717, 1.165) is 19.3 Å². The van der Waals surface area contributed by atoms with Gasteiger partial charge in [0.2, 0.25) is 5.91 Å². The molecule has 4 nitrogen and oxygen atoms in total. The Labute approximate surface area is 125 Å². The molecule has 0 radical (unpaired) electrons. The van der Waals surface area contributed by atoms with E-state index in [2.05, 4.69) is 31.2 Å². The minimum Gasteiger partial charge on any atom is -0.481 e. The number of carboxylic acid groups (broad SMARTS) is 1. The van der Waals surface area contributed by atoms with Crippen molar-refractivity contribution in [2.75, 3.05) is 13.1 Å². The van der Waals surface area contributed by atoms with E-state index < -0.39 is 5.97 Å². The summed E-state index contributed by atoms with van der Waals surface area (Å²) >= 11 is 0. The lowest BCUT2D eigenvalue weighted by atomic mass is 10.1. The first-order valence-corrected chi connectivity index (χ1v) is 7.66. The van der Waals surface area contributed by atoms with Crippen molar-refractivity contribution in [3.05, 3.63) is 35.4 Å². The smallest absolute Gasteiger partial charge is 0.303 e. The first-order valence-electron chi connectivity index (χ1n) is 7.66. The Balaban J connectivity index is 1.78. The highest BCUT2D eigenvalue weighted by Crippen LogP contribution is 2.20. The zero-order valence-corrected chi connectivity index (χ0v) is 12.5. The Bertz CT molecular complexity index is 495. The second kappa shape index (κ2) is 7.25. The van der Waals surface area contributed by atoms with Gasteiger partial charge in [-0.2, -0.15) is 0 Å². The summed E-state index contributed by atoms with van der Waals surface area (Å²) in [6, 6.07) is 8.39. The summed E-state index contributed by atoms with van der Waals surface area (Å²) in [7, 11) is 0. The monoisotopic (exact) mass is 289 g/mol. The molecule has 1 aliphatic rings. The number of amides is 1. The Hall–Kier alpha value is -1.84. The number of aryl methyl sites for hydroxylation is 2. The maximum Gasteiger partial charge on any atom is 0.303 e. The van der Waals surface area contributed by atoms with Crippen LogP contribution in [0.5, 0.6) is 0 Å². The molecule has 0 saturated carbocycles. The first kappa shape index (κ1) is 15.5. The van der Waals surface area contributed by atoms with Crippen LogP contribution in [0.2, 0.25) is 0 Å². The summed E-state index contributed by atoms with van der Waals surface area (Å²) in [4.78, 5) is 24.7. The molecule has 0 aromatic heterocycles. The second-order valence-corrected chi connectivity index (χ2v) is 5.76. The van der Waals surface area contributed by atoms with Gasteiger partial charge in [0.05, 0.1) is 0 Å². The number of carbonyl (C=O) groups excluding carboxylic acids is 1. The maximum atomic E-state index is 12.2. The van der Waals surface area contributed by atoms with Crippen molar-refractivity contribution in [3.8, 4) is 0 Å². The van der Waals surface area contributed by atoms with Gasteiger partial charge in [0.25, 0.3) is 0 Å². The Kier molecular flexibility index (Phi) is 5.37. The number of aliphatic carboxylic acids is 1. The number of hydrogen-bond donors (Lipinski definition) is 1. The molecular weight excluding hydrogens is 266 g/mol. The SMILES string of the molecule is CCc1ccc(CCC(=O)N2CCC(CC(=O)O)C2)cc1. The van der Waals surface area contributed by atoms with E-state index in [1.165, 1.54) is 11.1 Å². The van der Waals surface area contributed by atoms with Crippen LogP contribution in [0.1, 0.15) is 37.3 Å². The van der Waals surface area contributed by atoms with E-state index in [1.54, 1.807) is 0 Å². The molecule has 2 rings (SSSR count). The maximum absolute atomic E-state index is 12.2. The van der Waals surface area contributed by atoms with Crippen molar-refractivity contribution in [2.45, 2.75) is 39.0 Å². The minimum atomic E-state index is -0.773. The predicted molar refractivity (Wildman–Crippen MR) is 81.1 cm³/mol. The molecule has 1 aromatic rings. The average Bonchev–Trinajstić information content (AvgIpc) is 2.93. The summed E-state index contributed by atoms with van der Waals surface area (Å²) in [5.41, 5.74) is 2.49. The van der Waals surface area contributed by atoms with Crippen molar-refractivity contribution in [2.24, 2.45) is 5.92 Å². The van der Waals surface area contributed by atoms with E-state index in [1.807, 2.05) is 4.90 Å². The van der Waals surface area contributed by atoms with Crippen molar-refractivity contribution >= 4 is 11.9 Å². The van der Waals surface area contributed by atoms with E-state index in [9.17, 15) is 9.59 Å². The zero-order valence-electron chi connectivity index (χ0n) is 12.5. The molecule has 1 aromatic carbocycles. The summed E-state index contributed by atoms with van der Waals surface area (Å²) < 4.78 is 0. The van der Waals surface area contributed by atoms with Crippen molar-refractivity contribution < 1.29 is 14.7 Å². The van der Waals surface area contributed by atoms with Crippen molar-refractivity contribution in [1.29, 1.82) is 0 Å². The third kappa shape index (κ3) is 4.59. The van der Waals surface area contributed by atoms with Gasteiger partial charge in [-0.15, -0.1) is 0 Å². The summed E-state index contributed by atoms with van der Waals surface area (Å²) in [5.74, 6) is -0.511. The molecule has 1 saturated heterocycles. The fourth-order valence-corrected chi connectivity index (χ4v) is 2.82. The molecule has 0 bridgehead atoms. The molecule has 1 unspecified atom stereocenters. The topological polar surface area (TPSA) is 57.6 Å². The van der Waals surface area contributed by atoms with Crippen LogP contribution in [-0.2, 0) is 22.4 Å². The van der Waals surface area contributed by atoms with E-state index in [4.69, 9.17) is 5.11 Å². The third-order valence-corrected chi connectivity index (χ3v) is 4.16. The average molecular weight is 289 g/mol. The quantitative estimate of drug-likeness (QED) is 0.875. The van der Waals surface area contributed by atoms with Gasteiger partial charge in [0.1, 0.15) is 0 Å². The van der Waals surface area contributed by atoms with Crippen LogP contribution in [0.4, 0.5) is 0 Å². The molecular formula is C17H23NO3. The Morgan fingerprint density at radius 1 is 1.24 bits per heavy atom. The van der Waals surface area contributed by atoms with Crippen LogP contribution in [0.3, 0.4) is 0 Å². The summed E-state index contributed by atoms with van der Waals surface area (Å²) in [6.07, 6.45) is 3.26. The number of rotatable bonds is 6. The van der Waals surface area contributed by atoms with Gasteiger partial charge in [-0.05, 0) is 36.3 Å². The van der Waals surface area contributed by atoms with Gasteiger partial charge in [-0.1, -0.05) is 31.2 Å². The number of benzene rings is 1. The van der Waals surface area contributed by atoms with Crippen LogP contribution in [0, 0.1) is 5.92 Å². The van der Waals surface area contributed by atoms with Crippen molar-refractivity contribution in [3.63, 3.8) is 0 Å². The van der Waals surface area contributed by atoms with Crippen LogP contribution in [0.25, 0.3) is 0 Å². The molecule has 1 heterocycles. The molecule has 4 heteroatoms. The molecule has 1 atom stereocenters. The molecule has 1 fully saturated rings. The Morgan fingerprint density at radius 2 is 1.90 bits per heavy atom. The number of likely N-dealkylation sites (tertiary alicyclic amines) is 1. The third-order valence-electron chi connectivity index (χ3n) is 4.16. The molecule has 1 aliphatic heterocycles. The van der Waals surface area contributed by atoms with E-state index >= 15 is 0 Å². The van der Waals surface area contributed by atoms with Crippen LogP contribution in [-0.4, -0.2) is 35.0 Å². The normalized spacial score (nSPS) is 18.0. The van der Waals surface area contributed by atoms with Gasteiger partial charge in [-0.3, -0.25) is 9.59 Å². The predicted octanol–water partition coefficient (Wildman–Crippen LogP) is 2.50. The van der Waals surface area contributed by atoms with Gasteiger partial charge in [0.15, 0.2) is 0 Å². The Morgan fingerprint density at radius 3 is 2.52 bits per heavy atom. The lowest BCUT2D eigenvalue weighted by Gasteiger charge is -2.16. The van der Waals surface area contributed by atoms with Gasteiger partial charge in [-0.25, -0.2) is 0 Å². The highest BCUT2D eigenvalue weighted by atomic mass is 16.4. The van der Waals surface area contributed by atoms with E-state index in [-0.39, 0.29) is 18.2 Å². The molecule has 1 amide bonds. The molecule has 21 heavy (non-hydrogen) atoms.